The lowest BCUT2D eigenvalue weighted by Crippen LogP contribution is -2.07. The Labute approximate surface area is 125 Å². The maximum Gasteiger partial charge on any atom is 0.161 e. The summed E-state index contributed by atoms with van der Waals surface area (Å²) in [7, 11) is 0. The van der Waals surface area contributed by atoms with Crippen molar-refractivity contribution in [2.24, 2.45) is 0 Å². The standard InChI is InChI=1S/C17H23NO3/c1-3-15(19)14-9-10-18(13-14)11-12-21-17-8-6-5-7-16(17)20-4-2/h5-10,13,15,19H,3-4,11-12H2,1-2H3. The van der Waals surface area contributed by atoms with Crippen molar-refractivity contribution in [3.63, 3.8) is 0 Å². The molecule has 0 spiro atoms. The number of para-hydroxylation sites is 2. The third-order valence-electron chi connectivity index (χ3n) is 3.30. The second-order valence-electron chi connectivity index (χ2n) is 4.83. The van der Waals surface area contributed by atoms with Crippen LogP contribution in [0.25, 0.3) is 0 Å². The van der Waals surface area contributed by atoms with E-state index in [1.54, 1.807) is 0 Å². The molecule has 0 aliphatic carbocycles. The van der Waals surface area contributed by atoms with E-state index in [2.05, 4.69) is 0 Å². The molecular formula is C17H23NO3. The maximum absolute atomic E-state index is 9.78. The van der Waals surface area contributed by atoms with Crippen molar-refractivity contribution in [1.82, 2.24) is 4.57 Å². The van der Waals surface area contributed by atoms with Crippen LogP contribution in [0.1, 0.15) is 31.9 Å². The molecule has 1 heterocycles. The lowest BCUT2D eigenvalue weighted by molar-refractivity contribution is 0.173. The number of hydrogen-bond acceptors (Lipinski definition) is 3. The minimum atomic E-state index is -0.383. The quantitative estimate of drug-likeness (QED) is 0.810. The molecule has 0 bridgehead atoms. The summed E-state index contributed by atoms with van der Waals surface area (Å²) >= 11 is 0. The Balaban J connectivity index is 1.88. The van der Waals surface area contributed by atoms with Gasteiger partial charge in [-0.1, -0.05) is 19.1 Å². The zero-order valence-corrected chi connectivity index (χ0v) is 12.7. The molecule has 4 nitrogen and oxygen atoms in total. The van der Waals surface area contributed by atoms with Gasteiger partial charge in [-0.3, -0.25) is 0 Å². The Morgan fingerprint density at radius 3 is 2.48 bits per heavy atom. The summed E-state index contributed by atoms with van der Waals surface area (Å²) in [4.78, 5) is 0. The van der Waals surface area contributed by atoms with Crippen LogP contribution in [0.2, 0.25) is 0 Å². The van der Waals surface area contributed by atoms with E-state index >= 15 is 0 Å². The lowest BCUT2D eigenvalue weighted by atomic mass is 10.1. The molecule has 1 aromatic heterocycles. The van der Waals surface area contributed by atoms with E-state index in [1.165, 1.54) is 0 Å². The molecule has 1 N–H and O–H groups in total. The van der Waals surface area contributed by atoms with Crippen LogP contribution >= 0.6 is 0 Å². The van der Waals surface area contributed by atoms with Crippen LogP contribution in [-0.2, 0) is 6.54 Å². The first-order valence-electron chi connectivity index (χ1n) is 7.43. The van der Waals surface area contributed by atoms with E-state index in [4.69, 9.17) is 9.47 Å². The molecule has 2 rings (SSSR count). The summed E-state index contributed by atoms with van der Waals surface area (Å²) < 4.78 is 13.3. The average Bonchev–Trinajstić information content (AvgIpc) is 2.97. The predicted octanol–water partition coefficient (Wildman–Crippen LogP) is 3.41. The fourth-order valence-corrected chi connectivity index (χ4v) is 2.14. The van der Waals surface area contributed by atoms with E-state index in [0.717, 1.165) is 30.0 Å². The Bertz CT molecular complexity index is 550. The Morgan fingerprint density at radius 2 is 1.81 bits per heavy atom. The van der Waals surface area contributed by atoms with Crippen molar-refractivity contribution in [2.45, 2.75) is 32.9 Å². The van der Waals surface area contributed by atoms with Crippen LogP contribution in [0.4, 0.5) is 0 Å². The van der Waals surface area contributed by atoms with Gasteiger partial charge in [-0.25, -0.2) is 0 Å². The molecule has 0 aliphatic rings. The normalized spacial score (nSPS) is 12.1. The van der Waals surface area contributed by atoms with Gasteiger partial charge >= 0.3 is 0 Å². The van der Waals surface area contributed by atoms with Gasteiger partial charge in [-0.15, -0.1) is 0 Å². The molecule has 4 heteroatoms. The number of rotatable bonds is 8. The number of ether oxygens (including phenoxy) is 2. The molecule has 0 radical (unpaired) electrons. The smallest absolute Gasteiger partial charge is 0.161 e. The Kier molecular flexibility index (Phi) is 5.69. The predicted molar refractivity (Wildman–Crippen MR) is 82.8 cm³/mol. The third kappa shape index (κ3) is 4.26. The summed E-state index contributed by atoms with van der Waals surface area (Å²) in [6, 6.07) is 9.63. The van der Waals surface area contributed by atoms with Crippen molar-refractivity contribution in [3.05, 3.63) is 48.3 Å². The van der Waals surface area contributed by atoms with Crippen molar-refractivity contribution < 1.29 is 14.6 Å². The molecule has 2 aromatic rings. The number of benzene rings is 1. The summed E-state index contributed by atoms with van der Waals surface area (Å²) in [6.45, 7) is 5.83. The van der Waals surface area contributed by atoms with E-state index in [0.29, 0.717) is 13.2 Å². The summed E-state index contributed by atoms with van der Waals surface area (Å²) in [6.07, 6.45) is 4.27. The van der Waals surface area contributed by atoms with Gasteiger partial charge in [-0.2, -0.15) is 0 Å². The van der Waals surface area contributed by atoms with E-state index < -0.39 is 0 Å². The minimum absolute atomic E-state index is 0.383. The second-order valence-corrected chi connectivity index (χ2v) is 4.83. The molecule has 114 valence electrons. The zero-order chi connectivity index (χ0) is 15.1. The molecule has 0 saturated carbocycles. The molecule has 0 saturated heterocycles. The topological polar surface area (TPSA) is 43.6 Å². The van der Waals surface area contributed by atoms with Crippen LogP contribution in [0.3, 0.4) is 0 Å². The fraction of sp³-hybridized carbons (Fsp3) is 0.412. The molecule has 1 atom stereocenters. The first-order valence-corrected chi connectivity index (χ1v) is 7.43. The summed E-state index contributed by atoms with van der Waals surface area (Å²) in [5, 5.41) is 9.78. The molecule has 21 heavy (non-hydrogen) atoms. The lowest BCUT2D eigenvalue weighted by Gasteiger charge is -2.12. The highest BCUT2D eigenvalue weighted by Gasteiger charge is 2.07. The molecule has 0 fully saturated rings. The second kappa shape index (κ2) is 7.74. The van der Waals surface area contributed by atoms with Crippen molar-refractivity contribution >= 4 is 0 Å². The van der Waals surface area contributed by atoms with Gasteiger partial charge in [0, 0.05) is 12.4 Å². The third-order valence-corrected chi connectivity index (χ3v) is 3.30. The van der Waals surface area contributed by atoms with Crippen LogP contribution in [0.5, 0.6) is 11.5 Å². The zero-order valence-electron chi connectivity index (χ0n) is 12.7. The molecular weight excluding hydrogens is 266 g/mol. The average molecular weight is 289 g/mol. The highest BCUT2D eigenvalue weighted by Crippen LogP contribution is 2.26. The largest absolute Gasteiger partial charge is 0.490 e. The van der Waals surface area contributed by atoms with Crippen LogP contribution < -0.4 is 9.47 Å². The summed E-state index contributed by atoms with van der Waals surface area (Å²) in [5.74, 6) is 1.54. The van der Waals surface area contributed by atoms with E-state index in [1.807, 2.05) is 61.1 Å². The van der Waals surface area contributed by atoms with Gasteiger partial charge in [0.25, 0.3) is 0 Å². The number of aromatic nitrogens is 1. The van der Waals surface area contributed by atoms with E-state index in [-0.39, 0.29) is 6.10 Å². The van der Waals surface area contributed by atoms with Crippen molar-refractivity contribution in [1.29, 1.82) is 0 Å². The summed E-state index contributed by atoms with van der Waals surface area (Å²) in [5.41, 5.74) is 0.951. The van der Waals surface area contributed by atoms with Crippen LogP contribution in [0.15, 0.2) is 42.7 Å². The maximum atomic E-state index is 9.78. The first kappa shape index (κ1) is 15.4. The monoisotopic (exact) mass is 289 g/mol. The van der Waals surface area contributed by atoms with Gasteiger partial charge in [0.15, 0.2) is 11.5 Å². The first-order chi connectivity index (χ1) is 10.2. The number of hydrogen-bond donors (Lipinski definition) is 1. The van der Waals surface area contributed by atoms with Gasteiger partial charge < -0.3 is 19.1 Å². The van der Waals surface area contributed by atoms with E-state index in [9.17, 15) is 5.11 Å². The molecule has 0 amide bonds. The Morgan fingerprint density at radius 1 is 1.10 bits per heavy atom. The highest BCUT2D eigenvalue weighted by atomic mass is 16.5. The number of aliphatic hydroxyl groups excluding tert-OH is 1. The number of aliphatic hydroxyl groups is 1. The Hall–Kier alpha value is -1.94. The van der Waals surface area contributed by atoms with Crippen LogP contribution in [0, 0.1) is 0 Å². The molecule has 1 unspecified atom stereocenters. The van der Waals surface area contributed by atoms with Crippen molar-refractivity contribution in [2.75, 3.05) is 13.2 Å². The van der Waals surface area contributed by atoms with Gasteiger partial charge in [0.05, 0.1) is 19.3 Å². The van der Waals surface area contributed by atoms with Gasteiger partial charge in [0.2, 0.25) is 0 Å². The molecule has 1 aromatic carbocycles. The highest BCUT2D eigenvalue weighted by molar-refractivity contribution is 5.39. The molecule has 0 aliphatic heterocycles. The minimum Gasteiger partial charge on any atom is -0.490 e. The fourth-order valence-electron chi connectivity index (χ4n) is 2.14. The van der Waals surface area contributed by atoms with Gasteiger partial charge in [-0.05, 0) is 37.1 Å². The van der Waals surface area contributed by atoms with Gasteiger partial charge in [0.1, 0.15) is 6.61 Å². The SMILES string of the molecule is CCOc1ccccc1OCCn1ccc(C(O)CC)c1. The van der Waals surface area contributed by atoms with Crippen LogP contribution in [-0.4, -0.2) is 22.9 Å². The van der Waals surface area contributed by atoms with Crippen molar-refractivity contribution in [3.8, 4) is 11.5 Å². The number of nitrogens with zero attached hydrogens (tertiary/aromatic N) is 1.